The van der Waals surface area contributed by atoms with Gasteiger partial charge in [-0.2, -0.15) is 0 Å². The molecule has 1 N–H and O–H groups in total. The van der Waals surface area contributed by atoms with Crippen LogP contribution in [0.2, 0.25) is 0 Å². The standard InChI is InChI=1S/C40H79NO5/c1-4-7-10-13-15-21-29-38(30-22-16-14-11-8-5-2)46-40(44)32-24-20-26-34-41(35-28-36-42)33-25-18-17-23-31-39(43)45-37-27-19-12-9-6-3/h38,42H,4-37H2,1-3H3. The molecule has 0 atom stereocenters. The highest BCUT2D eigenvalue weighted by atomic mass is 16.5. The van der Waals surface area contributed by atoms with Crippen LogP contribution in [0.4, 0.5) is 0 Å². The predicted octanol–water partition coefficient (Wildman–Crippen LogP) is 11.1. The molecule has 0 aromatic rings. The second kappa shape index (κ2) is 36.7. The average Bonchev–Trinajstić information content (AvgIpc) is 3.05. The number of nitrogens with zero attached hydrogens (tertiary/aromatic N) is 1. The molecular formula is C40H79NO5. The number of ether oxygens (including phenoxy) is 2. The molecule has 0 saturated heterocycles. The molecule has 0 saturated carbocycles. The van der Waals surface area contributed by atoms with Gasteiger partial charge in [-0.15, -0.1) is 0 Å². The minimum absolute atomic E-state index is 0.00467. The molecule has 0 heterocycles. The van der Waals surface area contributed by atoms with Gasteiger partial charge in [-0.25, -0.2) is 0 Å². The van der Waals surface area contributed by atoms with Gasteiger partial charge in [0.1, 0.15) is 6.10 Å². The summed E-state index contributed by atoms with van der Waals surface area (Å²) in [7, 11) is 0. The van der Waals surface area contributed by atoms with Crippen molar-refractivity contribution in [3.05, 3.63) is 0 Å². The molecule has 0 aromatic heterocycles. The molecule has 6 heteroatoms. The lowest BCUT2D eigenvalue weighted by Gasteiger charge is -2.22. The largest absolute Gasteiger partial charge is 0.466 e. The summed E-state index contributed by atoms with van der Waals surface area (Å²) in [5, 5.41) is 9.35. The topological polar surface area (TPSA) is 76.1 Å². The van der Waals surface area contributed by atoms with Crippen LogP contribution in [0.3, 0.4) is 0 Å². The van der Waals surface area contributed by atoms with E-state index in [1.165, 1.54) is 96.3 Å². The monoisotopic (exact) mass is 654 g/mol. The van der Waals surface area contributed by atoms with E-state index in [9.17, 15) is 14.7 Å². The molecule has 0 radical (unpaired) electrons. The Morgan fingerprint density at radius 1 is 0.500 bits per heavy atom. The Labute approximate surface area is 286 Å². The van der Waals surface area contributed by atoms with Gasteiger partial charge in [-0.3, -0.25) is 9.59 Å². The molecular weight excluding hydrogens is 574 g/mol. The Morgan fingerprint density at radius 2 is 0.913 bits per heavy atom. The van der Waals surface area contributed by atoms with Gasteiger partial charge in [0, 0.05) is 26.0 Å². The Hall–Kier alpha value is -1.14. The number of aliphatic hydroxyl groups excluding tert-OH is 1. The third-order valence-corrected chi connectivity index (χ3v) is 9.16. The zero-order chi connectivity index (χ0) is 33.8. The number of aliphatic hydroxyl groups is 1. The summed E-state index contributed by atoms with van der Waals surface area (Å²) in [6, 6.07) is 0. The third kappa shape index (κ3) is 32.8. The molecule has 46 heavy (non-hydrogen) atoms. The van der Waals surface area contributed by atoms with Crippen molar-refractivity contribution in [3.8, 4) is 0 Å². The van der Waals surface area contributed by atoms with E-state index in [1.807, 2.05) is 0 Å². The Kier molecular flexibility index (Phi) is 35.8. The van der Waals surface area contributed by atoms with Gasteiger partial charge in [-0.1, -0.05) is 130 Å². The van der Waals surface area contributed by atoms with E-state index in [4.69, 9.17) is 9.47 Å². The lowest BCUT2D eigenvalue weighted by atomic mass is 10.0. The predicted molar refractivity (Wildman–Crippen MR) is 195 cm³/mol. The highest BCUT2D eigenvalue weighted by molar-refractivity contribution is 5.69. The minimum atomic E-state index is -0.0462. The van der Waals surface area contributed by atoms with Gasteiger partial charge in [0.25, 0.3) is 0 Å². The van der Waals surface area contributed by atoms with E-state index in [0.717, 1.165) is 96.7 Å². The molecule has 0 bridgehead atoms. The molecule has 274 valence electrons. The first-order valence-corrected chi connectivity index (χ1v) is 20.3. The summed E-state index contributed by atoms with van der Waals surface area (Å²) in [5.41, 5.74) is 0. The van der Waals surface area contributed by atoms with Crippen LogP contribution in [0, 0.1) is 0 Å². The first-order valence-electron chi connectivity index (χ1n) is 20.3. The van der Waals surface area contributed by atoms with Gasteiger partial charge < -0.3 is 19.5 Å². The van der Waals surface area contributed by atoms with Crippen molar-refractivity contribution in [2.24, 2.45) is 0 Å². The van der Waals surface area contributed by atoms with Crippen LogP contribution in [0.1, 0.15) is 207 Å². The fraction of sp³-hybridized carbons (Fsp3) is 0.950. The maximum absolute atomic E-state index is 12.7. The zero-order valence-corrected chi connectivity index (χ0v) is 31.1. The van der Waals surface area contributed by atoms with Crippen molar-refractivity contribution >= 4 is 11.9 Å². The van der Waals surface area contributed by atoms with Crippen molar-refractivity contribution in [1.29, 1.82) is 0 Å². The van der Waals surface area contributed by atoms with E-state index in [0.29, 0.717) is 19.4 Å². The van der Waals surface area contributed by atoms with Crippen LogP contribution in [-0.4, -0.2) is 60.9 Å². The van der Waals surface area contributed by atoms with Crippen LogP contribution in [0.25, 0.3) is 0 Å². The second-order valence-corrected chi connectivity index (χ2v) is 13.8. The molecule has 0 amide bonds. The summed E-state index contributed by atoms with van der Waals surface area (Å²) >= 11 is 0. The van der Waals surface area contributed by atoms with Gasteiger partial charge in [0.15, 0.2) is 0 Å². The van der Waals surface area contributed by atoms with E-state index < -0.39 is 0 Å². The zero-order valence-electron chi connectivity index (χ0n) is 31.1. The van der Waals surface area contributed by atoms with Crippen molar-refractivity contribution in [2.45, 2.75) is 213 Å². The number of rotatable bonds is 37. The summed E-state index contributed by atoms with van der Waals surface area (Å²) < 4.78 is 11.4. The Bertz CT molecular complexity index is 627. The first kappa shape index (κ1) is 44.9. The smallest absolute Gasteiger partial charge is 0.306 e. The molecule has 0 aromatic carbocycles. The molecule has 0 rings (SSSR count). The first-order chi connectivity index (χ1) is 22.6. The minimum Gasteiger partial charge on any atom is -0.466 e. The van der Waals surface area contributed by atoms with Gasteiger partial charge in [0.05, 0.1) is 6.61 Å². The SMILES string of the molecule is CCCCCCCCC(CCCCCCCC)OC(=O)CCCCCN(CCCO)CCCCCCC(=O)OCCCCCCC. The van der Waals surface area contributed by atoms with E-state index >= 15 is 0 Å². The molecule has 0 aliphatic rings. The summed E-state index contributed by atoms with van der Waals surface area (Å²) in [5.74, 6) is -0.0509. The van der Waals surface area contributed by atoms with Gasteiger partial charge in [-0.05, 0) is 77.3 Å². The van der Waals surface area contributed by atoms with E-state index in [1.54, 1.807) is 0 Å². The number of unbranched alkanes of at least 4 members (excludes halogenated alkanes) is 19. The lowest BCUT2D eigenvalue weighted by molar-refractivity contribution is -0.150. The van der Waals surface area contributed by atoms with Crippen molar-refractivity contribution in [2.75, 3.05) is 32.8 Å². The Balaban J connectivity index is 4.17. The average molecular weight is 654 g/mol. The highest BCUT2D eigenvalue weighted by Crippen LogP contribution is 2.18. The summed E-state index contributed by atoms with van der Waals surface area (Å²) in [4.78, 5) is 27.1. The van der Waals surface area contributed by atoms with E-state index in [-0.39, 0.29) is 24.6 Å². The van der Waals surface area contributed by atoms with Crippen LogP contribution in [-0.2, 0) is 19.1 Å². The number of esters is 2. The Morgan fingerprint density at radius 3 is 1.46 bits per heavy atom. The summed E-state index contributed by atoms with van der Waals surface area (Å²) in [6.45, 7) is 10.5. The van der Waals surface area contributed by atoms with Crippen LogP contribution >= 0.6 is 0 Å². The fourth-order valence-electron chi connectivity index (χ4n) is 6.15. The number of hydrogen-bond donors (Lipinski definition) is 1. The molecule has 0 aliphatic heterocycles. The molecule has 0 aliphatic carbocycles. The maximum atomic E-state index is 12.7. The van der Waals surface area contributed by atoms with Gasteiger partial charge >= 0.3 is 11.9 Å². The fourth-order valence-corrected chi connectivity index (χ4v) is 6.15. The van der Waals surface area contributed by atoms with Crippen LogP contribution in [0.5, 0.6) is 0 Å². The lowest BCUT2D eigenvalue weighted by Crippen LogP contribution is -2.28. The van der Waals surface area contributed by atoms with Crippen LogP contribution < -0.4 is 0 Å². The van der Waals surface area contributed by atoms with Crippen molar-refractivity contribution < 1.29 is 24.2 Å². The molecule has 0 fully saturated rings. The van der Waals surface area contributed by atoms with Crippen molar-refractivity contribution in [1.82, 2.24) is 4.90 Å². The molecule has 6 nitrogen and oxygen atoms in total. The number of carbonyl (C=O) groups excluding carboxylic acids is 2. The highest BCUT2D eigenvalue weighted by Gasteiger charge is 2.14. The quantitative estimate of drug-likeness (QED) is 0.0531. The van der Waals surface area contributed by atoms with Crippen molar-refractivity contribution in [3.63, 3.8) is 0 Å². The van der Waals surface area contributed by atoms with E-state index in [2.05, 4.69) is 25.7 Å². The molecule has 0 unspecified atom stereocenters. The third-order valence-electron chi connectivity index (χ3n) is 9.16. The maximum Gasteiger partial charge on any atom is 0.306 e. The number of carbonyl (C=O) groups is 2. The molecule has 0 spiro atoms. The van der Waals surface area contributed by atoms with Gasteiger partial charge in [0.2, 0.25) is 0 Å². The summed E-state index contributed by atoms with van der Waals surface area (Å²) in [6.07, 6.45) is 32.4. The normalized spacial score (nSPS) is 11.5. The second-order valence-electron chi connectivity index (χ2n) is 13.8. The van der Waals surface area contributed by atoms with Crippen LogP contribution in [0.15, 0.2) is 0 Å². The number of hydrogen-bond acceptors (Lipinski definition) is 6.